The van der Waals surface area contributed by atoms with E-state index in [-0.39, 0.29) is 4.77 Å². The molecule has 1 heterocycles. The van der Waals surface area contributed by atoms with E-state index in [4.69, 9.17) is 12.2 Å². The Morgan fingerprint density at radius 3 is 2.74 bits per heavy atom. The third-order valence-electron chi connectivity index (χ3n) is 3.21. The fraction of sp³-hybridized carbons (Fsp3) is 0.250. The standard InChI is InChI=1S/C16H16F3N3S/c1-3-5-7-11(4-2)14-20-21-15(23)22(14)13-9-6-8-12(10-13)16(17,18)19/h4-10H,3H2,1-2H3,(H,21,23)/b7-5-,11-4+. The van der Waals surface area contributed by atoms with Crippen LogP contribution >= 0.6 is 12.2 Å². The van der Waals surface area contributed by atoms with E-state index in [0.29, 0.717) is 11.5 Å². The van der Waals surface area contributed by atoms with Crippen LogP contribution in [0.5, 0.6) is 0 Å². The Bertz CT molecular complexity index is 797. The van der Waals surface area contributed by atoms with E-state index < -0.39 is 11.7 Å². The Balaban J connectivity index is 2.60. The average Bonchev–Trinajstić information content (AvgIpc) is 2.89. The summed E-state index contributed by atoms with van der Waals surface area (Å²) in [4.78, 5) is 0. The summed E-state index contributed by atoms with van der Waals surface area (Å²) in [7, 11) is 0. The van der Waals surface area contributed by atoms with Crippen molar-refractivity contribution in [1.82, 2.24) is 14.8 Å². The van der Waals surface area contributed by atoms with Gasteiger partial charge < -0.3 is 0 Å². The van der Waals surface area contributed by atoms with Crippen molar-refractivity contribution in [3.05, 3.63) is 58.7 Å². The van der Waals surface area contributed by atoms with Gasteiger partial charge in [-0.1, -0.05) is 31.2 Å². The fourth-order valence-electron chi connectivity index (χ4n) is 2.10. The maximum absolute atomic E-state index is 12.9. The van der Waals surface area contributed by atoms with Crippen LogP contribution in [0.3, 0.4) is 0 Å². The largest absolute Gasteiger partial charge is 0.416 e. The second kappa shape index (κ2) is 6.95. The van der Waals surface area contributed by atoms with Crippen molar-refractivity contribution < 1.29 is 13.2 Å². The Labute approximate surface area is 137 Å². The van der Waals surface area contributed by atoms with E-state index in [1.54, 1.807) is 6.07 Å². The predicted molar refractivity (Wildman–Crippen MR) is 86.8 cm³/mol. The Morgan fingerprint density at radius 2 is 2.13 bits per heavy atom. The van der Waals surface area contributed by atoms with Crippen molar-refractivity contribution in [2.75, 3.05) is 0 Å². The number of nitrogens with one attached hydrogen (secondary N) is 1. The van der Waals surface area contributed by atoms with Gasteiger partial charge in [0.15, 0.2) is 10.6 Å². The van der Waals surface area contributed by atoms with E-state index in [1.165, 1.54) is 10.6 Å². The lowest BCUT2D eigenvalue weighted by Crippen LogP contribution is -2.07. The highest BCUT2D eigenvalue weighted by molar-refractivity contribution is 7.71. The van der Waals surface area contributed by atoms with Gasteiger partial charge in [0, 0.05) is 5.57 Å². The molecular formula is C16H16F3N3S. The van der Waals surface area contributed by atoms with Crippen LogP contribution in [0.4, 0.5) is 13.2 Å². The molecule has 0 aliphatic rings. The number of hydrogen-bond acceptors (Lipinski definition) is 2. The molecule has 0 aliphatic heterocycles. The number of benzene rings is 1. The van der Waals surface area contributed by atoms with E-state index in [0.717, 1.165) is 24.1 Å². The smallest absolute Gasteiger partial charge is 0.268 e. The van der Waals surface area contributed by atoms with Gasteiger partial charge in [0.05, 0.1) is 11.3 Å². The SMILES string of the molecule is C/C=C(\C=C/CC)c1n[nH]c(=S)n1-c1cccc(C(F)(F)F)c1. The third-order valence-corrected chi connectivity index (χ3v) is 3.48. The van der Waals surface area contributed by atoms with Gasteiger partial charge >= 0.3 is 6.18 Å². The zero-order valence-corrected chi connectivity index (χ0v) is 13.5. The number of rotatable bonds is 4. The fourth-order valence-corrected chi connectivity index (χ4v) is 2.33. The molecular weight excluding hydrogens is 323 g/mol. The van der Waals surface area contributed by atoms with Gasteiger partial charge in [-0.05, 0) is 43.8 Å². The number of nitrogens with zero attached hydrogens (tertiary/aromatic N) is 2. The minimum atomic E-state index is -4.41. The summed E-state index contributed by atoms with van der Waals surface area (Å²) in [6.45, 7) is 3.83. The number of aromatic amines is 1. The van der Waals surface area contributed by atoms with Crippen molar-refractivity contribution in [2.45, 2.75) is 26.4 Å². The summed E-state index contributed by atoms with van der Waals surface area (Å²) in [5, 5.41) is 6.80. The second-order valence-corrected chi connectivity index (χ2v) is 5.18. The van der Waals surface area contributed by atoms with Gasteiger partial charge in [-0.25, -0.2) is 0 Å². The Morgan fingerprint density at radius 1 is 1.39 bits per heavy atom. The summed E-state index contributed by atoms with van der Waals surface area (Å²) >= 11 is 5.18. The van der Waals surface area contributed by atoms with Crippen LogP contribution in [0.15, 0.2) is 42.5 Å². The first-order valence-corrected chi connectivity index (χ1v) is 7.47. The molecule has 0 atom stereocenters. The van der Waals surface area contributed by atoms with Gasteiger partial charge in [-0.3, -0.25) is 9.67 Å². The van der Waals surface area contributed by atoms with Crippen molar-refractivity contribution in [3.8, 4) is 5.69 Å². The van der Waals surface area contributed by atoms with Crippen LogP contribution in [-0.2, 0) is 6.18 Å². The van der Waals surface area contributed by atoms with Crippen molar-refractivity contribution >= 4 is 17.8 Å². The molecule has 0 saturated heterocycles. The minimum absolute atomic E-state index is 0.239. The van der Waals surface area contributed by atoms with Crippen LogP contribution in [0.25, 0.3) is 11.3 Å². The average molecular weight is 339 g/mol. The third kappa shape index (κ3) is 3.79. The molecule has 0 radical (unpaired) electrons. The lowest BCUT2D eigenvalue weighted by molar-refractivity contribution is -0.137. The molecule has 1 aromatic heterocycles. The first kappa shape index (κ1) is 17.2. The van der Waals surface area contributed by atoms with E-state index >= 15 is 0 Å². The van der Waals surface area contributed by atoms with Crippen LogP contribution < -0.4 is 0 Å². The van der Waals surface area contributed by atoms with Crippen LogP contribution in [-0.4, -0.2) is 14.8 Å². The number of hydrogen-bond donors (Lipinski definition) is 1. The monoisotopic (exact) mass is 339 g/mol. The molecule has 0 aliphatic carbocycles. The lowest BCUT2D eigenvalue weighted by Gasteiger charge is -2.11. The molecule has 0 bridgehead atoms. The topological polar surface area (TPSA) is 33.6 Å². The normalized spacial score (nSPS) is 13.0. The highest BCUT2D eigenvalue weighted by Gasteiger charge is 2.30. The molecule has 23 heavy (non-hydrogen) atoms. The van der Waals surface area contributed by atoms with Crippen LogP contribution in [0.2, 0.25) is 0 Å². The van der Waals surface area contributed by atoms with E-state index in [2.05, 4.69) is 10.2 Å². The molecule has 0 amide bonds. The molecule has 0 unspecified atom stereocenters. The molecule has 1 N–H and O–H groups in total. The first-order valence-electron chi connectivity index (χ1n) is 7.06. The maximum Gasteiger partial charge on any atom is 0.416 e. The Hall–Kier alpha value is -2.15. The number of alkyl halides is 3. The van der Waals surface area contributed by atoms with Crippen molar-refractivity contribution in [3.63, 3.8) is 0 Å². The molecule has 7 heteroatoms. The van der Waals surface area contributed by atoms with E-state index in [9.17, 15) is 13.2 Å². The molecule has 3 nitrogen and oxygen atoms in total. The molecule has 122 valence electrons. The number of H-pyrrole nitrogens is 1. The van der Waals surface area contributed by atoms with Gasteiger partial charge in [-0.15, -0.1) is 0 Å². The molecule has 2 aromatic rings. The van der Waals surface area contributed by atoms with Crippen molar-refractivity contribution in [1.29, 1.82) is 0 Å². The predicted octanol–water partition coefficient (Wildman–Crippen LogP) is 5.32. The van der Waals surface area contributed by atoms with Gasteiger partial charge in [-0.2, -0.15) is 18.3 Å². The maximum atomic E-state index is 12.9. The summed E-state index contributed by atoms with van der Waals surface area (Å²) < 4.78 is 40.5. The molecule has 2 rings (SSSR count). The summed E-state index contributed by atoms with van der Waals surface area (Å²) in [6.07, 6.45) is 2.08. The van der Waals surface area contributed by atoms with Crippen molar-refractivity contribution in [2.24, 2.45) is 0 Å². The quantitative estimate of drug-likeness (QED) is 0.604. The van der Waals surface area contributed by atoms with Crippen LogP contribution in [0.1, 0.15) is 31.7 Å². The van der Waals surface area contributed by atoms with Gasteiger partial charge in [0.2, 0.25) is 0 Å². The highest BCUT2D eigenvalue weighted by atomic mass is 32.1. The summed E-state index contributed by atoms with van der Waals surface area (Å²) in [5.41, 5.74) is 0.365. The molecule has 0 fully saturated rings. The Kier molecular flexibility index (Phi) is 5.20. The minimum Gasteiger partial charge on any atom is -0.268 e. The molecule has 0 spiro atoms. The summed E-state index contributed by atoms with van der Waals surface area (Å²) in [6, 6.07) is 5.01. The van der Waals surface area contributed by atoms with Crippen LogP contribution in [0, 0.1) is 4.77 Å². The zero-order chi connectivity index (χ0) is 17.0. The number of aromatic nitrogens is 3. The second-order valence-electron chi connectivity index (χ2n) is 4.79. The number of allylic oxidation sites excluding steroid dienone is 4. The lowest BCUT2D eigenvalue weighted by atomic mass is 10.1. The molecule has 0 saturated carbocycles. The highest BCUT2D eigenvalue weighted by Crippen LogP contribution is 2.31. The van der Waals surface area contributed by atoms with E-state index in [1.807, 2.05) is 32.1 Å². The summed E-state index contributed by atoms with van der Waals surface area (Å²) in [5.74, 6) is 0.474. The van der Waals surface area contributed by atoms with Gasteiger partial charge in [0.25, 0.3) is 0 Å². The van der Waals surface area contributed by atoms with Gasteiger partial charge in [0.1, 0.15) is 0 Å². The number of halogens is 3. The zero-order valence-electron chi connectivity index (χ0n) is 12.7. The first-order chi connectivity index (χ1) is 10.9. The molecule has 1 aromatic carbocycles.